The molecule has 0 fully saturated rings. The molecule has 0 bridgehead atoms. The van der Waals surface area contributed by atoms with E-state index in [9.17, 15) is 18.0 Å². The van der Waals surface area contributed by atoms with E-state index in [0.717, 1.165) is 16.1 Å². The number of nitrogens with zero attached hydrogens (tertiary/aromatic N) is 1. The Bertz CT molecular complexity index is 1210. The number of hydrogen-bond acceptors (Lipinski definition) is 8. The number of rotatable bonds is 8. The van der Waals surface area contributed by atoms with Gasteiger partial charge in [0.05, 0.1) is 21.2 Å². The molecule has 0 saturated carbocycles. The number of carbonyl (C=O) groups is 2. The molecule has 0 spiro atoms. The quantitative estimate of drug-likeness (QED) is 0.531. The molecule has 3 rings (SSSR count). The topological polar surface area (TPSA) is 142 Å². The summed E-state index contributed by atoms with van der Waals surface area (Å²) >= 11 is 1.53. The fourth-order valence-corrected chi connectivity index (χ4v) is 4.49. The van der Waals surface area contributed by atoms with Crippen molar-refractivity contribution >= 4 is 44.0 Å². The number of hydrogen-bond donors (Lipinski definition) is 2. The molecule has 3 aromatic rings. The first-order valence-electron chi connectivity index (χ1n) is 8.88. The summed E-state index contributed by atoms with van der Waals surface area (Å²) in [5.41, 5.74) is 5.89. The van der Waals surface area contributed by atoms with Gasteiger partial charge in [0.25, 0.3) is 5.91 Å². The summed E-state index contributed by atoms with van der Waals surface area (Å²) in [5.74, 6) is -1.35. The first-order chi connectivity index (χ1) is 14.0. The van der Waals surface area contributed by atoms with Gasteiger partial charge in [0.2, 0.25) is 5.91 Å². The van der Waals surface area contributed by atoms with Crippen molar-refractivity contribution in [2.75, 3.05) is 12.0 Å². The Morgan fingerprint density at radius 1 is 1.33 bits per heavy atom. The molecule has 2 heterocycles. The number of aryl methyl sites for hydroxylation is 2. The Morgan fingerprint density at radius 2 is 2.07 bits per heavy atom. The van der Waals surface area contributed by atoms with Crippen LogP contribution in [0.25, 0.3) is 11.0 Å². The zero-order chi connectivity index (χ0) is 22.1. The Labute approximate surface area is 177 Å². The molecule has 11 heteroatoms. The molecule has 0 aliphatic rings. The van der Waals surface area contributed by atoms with Crippen LogP contribution in [0.5, 0.6) is 5.75 Å². The molecular weight excluding hydrogens is 430 g/mol. The zero-order valence-corrected chi connectivity index (χ0v) is 18.2. The minimum absolute atomic E-state index is 0.184. The smallest absolute Gasteiger partial charge is 0.256 e. The second-order valence-electron chi connectivity index (χ2n) is 6.85. The van der Waals surface area contributed by atoms with Crippen LogP contribution >= 0.6 is 11.3 Å². The molecular formula is C19H21N3O6S2. The van der Waals surface area contributed by atoms with Gasteiger partial charge in [0.1, 0.15) is 39.6 Å². The monoisotopic (exact) mass is 451 g/mol. The molecule has 30 heavy (non-hydrogen) atoms. The number of sulfone groups is 1. The Balaban J connectivity index is 1.85. The lowest BCUT2D eigenvalue weighted by molar-refractivity contribution is -0.119. The third-order valence-corrected chi connectivity index (χ3v) is 6.06. The first kappa shape index (κ1) is 21.8. The van der Waals surface area contributed by atoms with E-state index >= 15 is 0 Å². The highest BCUT2D eigenvalue weighted by Gasteiger charge is 2.26. The van der Waals surface area contributed by atoms with Crippen LogP contribution in [0.4, 0.5) is 0 Å². The van der Waals surface area contributed by atoms with Gasteiger partial charge < -0.3 is 20.2 Å². The summed E-state index contributed by atoms with van der Waals surface area (Å²) in [6.07, 6.45) is 2.70. The summed E-state index contributed by atoms with van der Waals surface area (Å²) in [6.45, 7) is 3.83. The van der Waals surface area contributed by atoms with Crippen molar-refractivity contribution in [3.05, 3.63) is 45.6 Å². The molecule has 2 aromatic heterocycles. The SMILES string of the molecule is Cc1ncc(COc2ccc3oc(C)c(C(=O)NC(CS(C)(=O)=O)C(N)=O)c3c2)s1. The number of amides is 2. The van der Waals surface area contributed by atoms with Crippen molar-refractivity contribution in [2.24, 2.45) is 5.73 Å². The lowest BCUT2D eigenvalue weighted by Crippen LogP contribution is -2.48. The van der Waals surface area contributed by atoms with Crippen LogP contribution in [0.2, 0.25) is 0 Å². The molecule has 9 nitrogen and oxygen atoms in total. The summed E-state index contributed by atoms with van der Waals surface area (Å²) in [4.78, 5) is 29.5. The van der Waals surface area contributed by atoms with Gasteiger partial charge in [-0.15, -0.1) is 11.3 Å². The third-order valence-electron chi connectivity index (χ3n) is 4.23. The second kappa shape index (κ2) is 8.44. The van der Waals surface area contributed by atoms with E-state index in [-0.39, 0.29) is 5.56 Å². The number of benzene rings is 1. The van der Waals surface area contributed by atoms with Crippen molar-refractivity contribution in [1.29, 1.82) is 0 Å². The van der Waals surface area contributed by atoms with E-state index in [1.54, 1.807) is 31.3 Å². The van der Waals surface area contributed by atoms with Crippen LogP contribution in [0.3, 0.4) is 0 Å². The minimum Gasteiger partial charge on any atom is -0.488 e. The van der Waals surface area contributed by atoms with Gasteiger partial charge in [-0.05, 0) is 32.0 Å². The highest BCUT2D eigenvalue weighted by atomic mass is 32.2. The largest absolute Gasteiger partial charge is 0.488 e. The number of nitrogens with one attached hydrogen (secondary N) is 1. The maximum Gasteiger partial charge on any atom is 0.256 e. The van der Waals surface area contributed by atoms with Crippen LogP contribution in [-0.4, -0.2) is 43.3 Å². The second-order valence-corrected chi connectivity index (χ2v) is 10.4. The summed E-state index contributed by atoms with van der Waals surface area (Å²) in [5, 5.41) is 3.80. The van der Waals surface area contributed by atoms with Crippen molar-refractivity contribution in [3.63, 3.8) is 0 Å². The Morgan fingerprint density at radius 3 is 2.67 bits per heavy atom. The number of ether oxygens (including phenoxy) is 1. The number of nitrogens with two attached hydrogens (primary N) is 1. The molecule has 0 aliphatic heterocycles. The maximum absolute atomic E-state index is 12.8. The van der Waals surface area contributed by atoms with E-state index in [1.165, 1.54) is 11.3 Å². The van der Waals surface area contributed by atoms with Gasteiger partial charge in [-0.1, -0.05) is 0 Å². The molecule has 1 aromatic carbocycles. The average molecular weight is 452 g/mol. The molecule has 1 unspecified atom stereocenters. The van der Waals surface area contributed by atoms with Crippen molar-refractivity contribution in [3.8, 4) is 5.75 Å². The Hall–Kier alpha value is -2.92. The zero-order valence-electron chi connectivity index (χ0n) is 16.6. The molecule has 0 radical (unpaired) electrons. The van der Waals surface area contributed by atoms with Crippen LogP contribution in [0.15, 0.2) is 28.8 Å². The highest BCUT2D eigenvalue weighted by molar-refractivity contribution is 7.90. The maximum atomic E-state index is 12.8. The molecule has 0 aliphatic carbocycles. The van der Waals surface area contributed by atoms with Gasteiger partial charge in [-0.3, -0.25) is 9.59 Å². The van der Waals surface area contributed by atoms with E-state index in [4.69, 9.17) is 14.9 Å². The minimum atomic E-state index is -3.54. The van der Waals surface area contributed by atoms with Crippen molar-refractivity contribution in [2.45, 2.75) is 26.5 Å². The first-order valence-corrected chi connectivity index (χ1v) is 11.8. The number of furan rings is 1. The average Bonchev–Trinajstić information content (AvgIpc) is 3.19. The van der Waals surface area contributed by atoms with Gasteiger partial charge in [0.15, 0.2) is 0 Å². The van der Waals surface area contributed by atoms with E-state index in [1.807, 2.05) is 6.92 Å². The predicted molar refractivity (Wildman–Crippen MR) is 112 cm³/mol. The normalized spacial score (nSPS) is 12.6. The van der Waals surface area contributed by atoms with Gasteiger partial charge in [0, 0.05) is 17.8 Å². The number of carbonyl (C=O) groups excluding carboxylic acids is 2. The van der Waals surface area contributed by atoms with Crippen LogP contribution in [0, 0.1) is 13.8 Å². The molecule has 0 saturated heterocycles. The van der Waals surface area contributed by atoms with E-state index in [2.05, 4.69) is 10.3 Å². The predicted octanol–water partition coefficient (Wildman–Crippen LogP) is 1.71. The van der Waals surface area contributed by atoms with Gasteiger partial charge in [-0.25, -0.2) is 13.4 Å². The number of aromatic nitrogens is 1. The Kier molecular flexibility index (Phi) is 6.13. The number of thiazole rings is 1. The lowest BCUT2D eigenvalue weighted by atomic mass is 10.1. The van der Waals surface area contributed by atoms with Crippen molar-refractivity contribution < 1.29 is 27.2 Å². The highest BCUT2D eigenvalue weighted by Crippen LogP contribution is 2.30. The molecule has 2 amide bonds. The lowest BCUT2D eigenvalue weighted by Gasteiger charge is -2.14. The number of primary amides is 1. The van der Waals surface area contributed by atoms with Crippen LogP contribution in [-0.2, 0) is 21.2 Å². The van der Waals surface area contributed by atoms with Crippen LogP contribution < -0.4 is 15.8 Å². The fourth-order valence-electron chi connectivity index (χ4n) is 2.93. The summed E-state index contributed by atoms with van der Waals surface area (Å²) in [6, 6.07) is 3.70. The van der Waals surface area contributed by atoms with E-state index < -0.39 is 33.4 Å². The van der Waals surface area contributed by atoms with Gasteiger partial charge >= 0.3 is 0 Å². The standard InChI is InChI=1S/C19H21N3O6S2/c1-10-17(19(24)22-15(18(20)23)9-30(3,25)26)14-6-12(4-5-16(14)28-10)27-8-13-7-21-11(2)29-13/h4-7,15H,8-9H2,1-3H3,(H2,20,23)(H,22,24). The summed E-state index contributed by atoms with van der Waals surface area (Å²) in [7, 11) is -3.54. The van der Waals surface area contributed by atoms with E-state index in [0.29, 0.717) is 29.1 Å². The summed E-state index contributed by atoms with van der Waals surface area (Å²) < 4.78 is 34.5. The number of fused-ring (bicyclic) bond motifs is 1. The fraction of sp³-hybridized carbons (Fsp3) is 0.316. The molecule has 1 atom stereocenters. The van der Waals surface area contributed by atoms with Crippen LogP contribution in [0.1, 0.15) is 26.0 Å². The molecule has 3 N–H and O–H groups in total. The third kappa shape index (κ3) is 5.16. The van der Waals surface area contributed by atoms with Crippen molar-refractivity contribution in [1.82, 2.24) is 10.3 Å². The van der Waals surface area contributed by atoms with Gasteiger partial charge in [-0.2, -0.15) is 0 Å². The molecule has 160 valence electrons.